The van der Waals surface area contributed by atoms with Crippen molar-refractivity contribution < 1.29 is 19.1 Å². The number of carbonyl (C=O) groups excluding carboxylic acids is 2. The second-order valence-corrected chi connectivity index (χ2v) is 6.16. The fraction of sp³-hybridized carbons (Fsp3) is 0.333. The van der Waals surface area contributed by atoms with Gasteiger partial charge in [0.05, 0.1) is 26.7 Å². The molecule has 0 aliphatic carbocycles. The van der Waals surface area contributed by atoms with E-state index >= 15 is 0 Å². The first kappa shape index (κ1) is 20.3. The van der Waals surface area contributed by atoms with Crippen LogP contribution < -0.4 is 20.1 Å². The zero-order valence-corrected chi connectivity index (χ0v) is 16.0. The summed E-state index contributed by atoms with van der Waals surface area (Å²) in [6.45, 7) is 1.95. The van der Waals surface area contributed by atoms with Crippen LogP contribution in [0.25, 0.3) is 0 Å². The third-order valence-corrected chi connectivity index (χ3v) is 4.15. The molecule has 0 heterocycles. The fourth-order valence-corrected chi connectivity index (χ4v) is 2.82. The average molecular weight is 370 g/mol. The molecule has 0 fully saturated rings. The SMILES string of the molecule is COc1ccc(CCNC(=O)CC(NC(C)=O)c2ccccc2)cc1OC. The quantitative estimate of drug-likeness (QED) is 0.711. The molecule has 0 aliphatic heterocycles. The Hall–Kier alpha value is -3.02. The maximum atomic E-state index is 12.3. The molecule has 0 bridgehead atoms. The van der Waals surface area contributed by atoms with E-state index in [9.17, 15) is 9.59 Å². The number of benzene rings is 2. The molecular weight excluding hydrogens is 344 g/mol. The summed E-state index contributed by atoms with van der Waals surface area (Å²) in [7, 11) is 3.19. The van der Waals surface area contributed by atoms with Gasteiger partial charge >= 0.3 is 0 Å². The summed E-state index contributed by atoms with van der Waals surface area (Å²) in [5, 5.41) is 5.74. The number of methoxy groups -OCH3 is 2. The highest BCUT2D eigenvalue weighted by Gasteiger charge is 2.16. The molecule has 0 radical (unpaired) electrons. The summed E-state index contributed by atoms with van der Waals surface area (Å²) in [4.78, 5) is 23.8. The minimum absolute atomic E-state index is 0.113. The number of hydrogen-bond donors (Lipinski definition) is 2. The van der Waals surface area contributed by atoms with E-state index in [1.807, 2.05) is 48.5 Å². The number of ether oxygens (including phenoxy) is 2. The van der Waals surface area contributed by atoms with Crippen LogP contribution in [0.2, 0.25) is 0 Å². The van der Waals surface area contributed by atoms with Gasteiger partial charge in [0.25, 0.3) is 0 Å². The normalized spacial score (nSPS) is 11.4. The van der Waals surface area contributed by atoms with Crippen LogP contribution in [0, 0.1) is 0 Å². The van der Waals surface area contributed by atoms with Gasteiger partial charge in [0.15, 0.2) is 11.5 Å². The van der Waals surface area contributed by atoms with E-state index in [1.165, 1.54) is 6.92 Å². The molecule has 2 aromatic carbocycles. The lowest BCUT2D eigenvalue weighted by Crippen LogP contribution is -2.33. The van der Waals surface area contributed by atoms with Gasteiger partial charge < -0.3 is 20.1 Å². The summed E-state index contributed by atoms with van der Waals surface area (Å²) >= 11 is 0. The number of rotatable bonds is 9. The Morgan fingerprint density at radius 1 is 1.00 bits per heavy atom. The van der Waals surface area contributed by atoms with E-state index in [4.69, 9.17) is 9.47 Å². The molecule has 0 spiro atoms. The zero-order valence-electron chi connectivity index (χ0n) is 16.0. The Morgan fingerprint density at radius 3 is 2.33 bits per heavy atom. The molecule has 144 valence electrons. The number of carbonyl (C=O) groups is 2. The largest absolute Gasteiger partial charge is 0.493 e. The van der Waals surface area contributed by atoms with Crippen LogP contribution in [0.3, 0.4) is 0 Å². The Bertz CT molecular complexity index is 762. The summed E-state index contributed by atoms with van der Waals surface area (Å²) in [6.07, 6.45) is 0.859. The third kappa shape index (κ3) is 6.33. The van der Waals surface area contributed by atoms with E-state index in [1.54, 1.807) is 14.2 Å². The van der Waals surface area contributed by atoms with Gasteiger partial charge in [0.2, 0.25) is 11.8 Å². The van der Waals surface area contributed by atoms with Gasteiger partial charge in [-0.3, -0.25) is 9.59 Å². The molecule has 0 saturated heterocycles. The van der Waals surface area contributed by atoms with Crippen molar-refractivity contribution in [1.29, 1.82) is 0 Å². The first-order valence-corrected chi connectivity index (χ1v) is 8.83. The van der Waals surface area contributed by atoms with Crippen LogP contribution >= 0.6 is 0 Å². The van der Waals surface area contributed by atoms with E-state index in [-0.39, 0.29) is 24.3 Å². The minimum Gasteiger partial charge on any atom is -0.493 e. The van der Waals surface area contributed by atoms with Gasteiger partial charge in [0, 0.05) is 13.5 Å². The van der Waals surface area contributed by atoms with Crippen molar-refractivity contribution in [2.24, 2.45) is 0 Å². The van der Waals surface area contributed by atoms with Crippen molar-refractivity contribution in [3.63, 3.8) is 0 Å². The summed E-state index contributed by atoms with van der Waals surface area (Å²) in [5.41, 5.74) is 1.94. The first-order valence-electron chi connectivity index (χ1n) is 8.83. The number of amides is 2. The summed E-state index contributed by atoms with van der Waals surface area (Å²) in [6, 6.07) is 14.8. The molecule has 1 atom stereocenters. The maximum Gasteiger partial charge on any atom is 0.222 e. The standard InChI is InChI=1S/C21H26N2O4/c1-15(24)23-18(17-7-5-4-6-8-17)14-21(25)22-12-11-16-9-10-19(26-2)20(13-16)27-3/h4-10,13,18H,11-12,14H2,1-3H3,(H,22,25)(H,23,24). The highest BCUT2D eigenvalue weighted by molar-refractivity contribution is 5.79. The lowest BCUT2D eigenvalue weighted by molar-refractivity contribution is -0.122. The molecule has 2 aromatic rings. The molecule has 2 rings (SSSR count). The minimum atomic E-state index is -0.343. The van der Waals surface area contributed by atoms with Gasteiger partial charge in [-0.2, -0.15) is 0 Å². The van der Waals surface area contributed by atoms with Crippen LogP contribution in [0.1, 0.15) is 30.5 Å². The van der Waals surface area contributed by atoms with Crippen LogP contribution in [0.15, 0.2) is 48.5 Å². The molecule has 0 saturated carbocycles. The highest BCUT2D eigenvalue weighted by atomic mass is 16.5. The first-order chi connectivity index (χ1) is 13.0. The lowest BCUT2D eigenvalue weighted by atomic mass is 10.0. The van der Waals surface area contributed by atoms with Crippen molar-refractivity contribution in [3.05, 3.63) is 59.7 Å². The molecule has 0 aromatic heterocycles. The topological polar surface area (TPSA) is 76.7 Å². The summed E-state index contributed by atoms with van der Waals surface area (Å²) in [5.74, 6) is 1.06. The van der Waals surface area contributed by atoms with E-state index in [0.717, 1.165) is 11.1 Å². The van der Waals surface area contributed by atoms with Crippen LogP contribution in [0.5, 0.6) is 11.5 Å². The van der Waals surface area contributed by atoms with Crippen LogP contribution in [-0.2, 0) is 16.0 Å². The number of hydrogen-bond acceptors (Lipinski definition) is 4. The van der Waals surface area contributed by atoms with Crippen molar-refractivity contribution >= 4 is 11.8 Å². The van der Waals surface area contributed by atoms with Gasteiger partial charge in [-0.05, 0) is 29.7 Å². The Morgan fingerprint density at radius 2 is 1.70 bits per heavy atom. The molecule has 2 N–H and O–H groups in total. The second kappa shape index (κ2) is 10.2. The zero-order chi connectivity index (χ0) is 19.6. The van der Waals surface area contributed by atoms with Gasteiger partial charge in [0.1, 0.15) is 0 Å². The molecule has 6 nitrogen and oxygen atoms in total. The van der Waals surface area contributed by atoms with Gasteiger partial charge in [-0.1, -0.05) is 36.4 Å². The third-order valence-electron chi connectivity index (χ3n) is 4.15. The number of nitrogens with one attached hydrogen (secondary N) is 2. The monoisotopic (exact) mass is 370 g/mol. The van der Waals surface area contributed by atoms with Gasteiger partial charge in [-0.15, -0.1) is 0 Å². The Balaban J connectivity index is 1.90. The predicted molar refractivity (Wildman–Crippen MR) is 104 cm³/mol. The Labute approximate surface area is 159 Å². The predicted octanol–water partition coefficient (Wildman–Crippen LogP) is 2.63. The molecule has 0 aliphatic rings. The molecule has 1 unspecified atom stereocenters. The van der Waals surface area contributed by atoms with E-state index in [2.05, 4.69) is 10.6 Å². The molecular formula is C21H26N2O4. The van der Waals surface area contributed by atoms with Crippen LogP contribution in [-0.4, -0.2) is 32.6 Å². The smallest absolute Gasteiger partial charge is 0.222 e. The van der Waals surface area contributed by atoms with Crippen molar-refractivity contribution in [3.8, 4) is 11.5 Å². The maximum absolute atomic E-state index is 12.3. The van der Waals surface area contributed by atoms with E-state index in [0.29, 0.717) is 24.5 Å². The molecule has 2 amide bonds. The fourth-order valence-electron chi connectivity index (χ4n) is 2.82. The van der Waals surface area contributed by atoms with Gasteiger partial charge in [-0.25, -0.2) is 0 Å². The second-order valence-electron chi connectivity index (χ2n) is 6.16. The van der Waals surface area contributed by atoms with Crippen molar-refractivity contribution in [2.45, 2.75) is 25.8 Å². The average Bonchev–Trinajstić information content (AvgIpc) is 2.67. The van der Waals surface area contributed by atoms with Crippen LogP contribution in [0.4, 0.5) is 0 Å². The van der Waals surface area contributed by atoms with Crippen molar-refractivity contribution in [2.75, 3.05) is 20.8 Å². The molecule has 27 heavy (non-hydrogen) atoms. The van der Waals surface area contributed by atoms with Crippen molar-refractivity contribution in [1.82, 2.24) is 10.6 Å². The highest BCUT2D eigenvalue weighted by Crippen LogP contribution is 2.27. The summed E-state index contributed by atoms with van der Waals surface area (Å²) < 4.78 is 10.5. The van der Waals surface area contributed by atoms with E-state index < -0.39 is 0 Å². The lowest BCUT2D eigenvalue weighted by Gasteiger charge is -2.18. The Kier molecular flexibility index (Phi) is 7.67. The molecule has 6 heteroatoms.